The lowest BCUT2D eigenvalue weighted by atomic mass is 9.98. The van der Waals surface area contributed by atoms with Gasteiger partial charge in [-0.25, -0.2) is 4.98 Å². The van der Waals surface area contributed by atoms with E-state index in [9.17, 15) is 4.79 Å². The molecule has 1 aliphatic carbocycles. The van der Waals surface area contributed by atoms with Gasteiger partial charge in [0.25, 0.3) is 5.22 Å². The van der Waals surface area contributed by atoms with E-state index in [0.717, 1.165) is 49.1 Å². The average Bonchev–Trinajstić information content (AvgIpc) is 3.14. The molecular weight excluding hydrogens is 394 g/mol. The van der Waals surface area contributed by atoms with Crippen molar-refractivity contribution in [2.75, 3.05) is 25.9 Å². The van der Waals surface area contributed by atoms with E-state index in [-0.39, 0.29) is 5.91 Å². The third-order valence-electron chi connectivity index (χ3n) is 6.24. The first-order chi connectivity index (χ1) is 14.7. The predicted molar refractivity (Wildman–Crippen MR) is 123 cm³/mol. The van der Waals surface area contributed by atoms with Crippen LogP contribution in [0.4, 0.5) is 0 Å². The van der Waals surface area contributed by atoms with E-state index in [1.807, 2.05) is 24.5 Å². The molecule has 1 N–H and O–H groups in total. The van der Waals surface area contributed by atoms with Gasteiger partial charge in [-0.15, -0.1) is 0 Å². The summed E-state index contributed by atoms with van der Waals surface area (Å²) in [6.45, 7) is 3.27. The molecule has 1 aliphatic heterocycles. The van der Waals surface area contributed by atoms with Crippen molar-refractivity contribution in [3.63, 3.8) is 0 Å². The fraction of sp³-hybridized carbons (Fsp3) is 0.583. The Labute approximate surface area is 183 Å². The van der Waals surface area contributed by atoms with Gasteiger partial charge < -0.3 is 9.73 Å². The Kier molecular flexibility index (Phi) is 7.50. The highest BCUT2D eigenvalue weighted by atomic mass is 32.2. The fourth-order valence-corrected chi connectivity index (χ4v) is 4.90. The van der Waals surface area contributed by atoms with Gasteiger partial charge in [-0.05, 0) is 62.5 Å². The molecule has 1 fully saturated rings. The Morgan fingerprint density at radius 1 is 1.23 bits per heavy atom. The Balaban J connectivity index is 1.23. The summed E-state index contributed by atoms with van der Waals surface area (Å²) in [7, 11) is 0. The van der Waals surface area contributed by atoms with E-state index in [1.54, 1.807) is 5.57 Å². The monoisotopic (exact) mass is 427 g/mol. The lowest BCUT2D eigenvalue weighted by Crippen LogP contribution is -2.45. The Bertz CT molecular complexity index is 884. The quantitative estimate of drug-likeness (QED) is 0.522. The van der Waals surface area contributed by atoms with E-state index >= 15 is 0 Å². The highest BCUT2D eigenvalue weighted by Gasteiger charge is 2.21. The van der Waals surface area contributed by atoms with Gasteiger partial charge in [-0.2, -0.15) is 0 Å². The molecule has 2 aromatic rings. The van der Waals surface area contributed by atoms with Crippen LogP contribution >= 0.6 is 11.8 Å². The van der Waals surface area contributed by atoms with Gasteiger partial charge in [0.05, 0.1) is 6.42 Å². The summed E-state index contributed by atoms with van der Waals surface area (Å²) in [4.78, 5) is 19.6. The van der Waals surface area contributed by atoms with Crippen LogP contribution in [0, 0.1) is 0 Å². The maximum absolute atomic E-state index is 12.6. The average molecular weight is 428 g/mol. The van der Waals surface area contributed by atoms with Gasteiger partial charge in [-0.3, -0.25) is 9.69 Å². The summed E-state index contributed by atoms with van der Waals surface area (Å²) in [5.74, 6) is 0.101. The molecule has 0 radical (unpaired) electrons. The van der Waals surface area contributed by atoms with Gasteiger partial charge >= 0.3 is 0 Å². The molecule has 0 saturated carbocycles. The molecule has 0 unspecified atom stereocenters. The molecule has 0 atom stereocenters. The van der Waals surface area contributed by atoms with Crippen molar-refractivity contribution in [2.45, 2.75) is 69.1 Å². The maximum atomic E-state index is 12.6. The van der Waals surface area contributed by atoms with E-state index in [4.69, 9.17) is 4.42 Å². The van der Waals surface area contributed by atoms with E-state index in [1.165, 1.54) is 50.3 Å². The zero-order valence-electron chi connectivity index (χ0n) is 18.0. The van der Waals surface area contributed by atoms with Crippen LogP contribution in [-0.4, -0.2) is 47.7 Å². The SMILES string of the molecule is CSc1nc2cc(CC(=O)NC3CCN(CC4=CCCCCCC4)CC3)ccc2o1. The van der Waals surface area contributed by atoms with E-state index in [0.29, 0.717) is 17.7 Å². The Morgan fingerprint density at radius 3 is 2.90 bits per heavy atom. The molecule has 1 aromatic heterocycles. The molecule has 30 heavy (non-hydrogen) atoms. The molecular formula is C24H33N3O2S. The number of likely N-dealkylation sites (tertiary alicyclic amines) is 1. The normalized spacial score (nSPS) is 19.3. The summed E-state index contributed by atoms with van der Waals surface area (Å²) in [5.41, 5.74) is 4.21. The third-order valence-corrected chi connectivity index (χ3v) is 6.76. The first-order valence-electron chi connectivity index (χ1n) is 11.3. The summed E-state index contributed by atoms with van der Waals surface area (Å²) in [5, 5.41) is 3.91. The first-order valence-corrected chi connectivity index (χ1v) is 12.5. The number of allylic oxidation sites excluding steroid dienone is 1. The number of aromatic nitrogens is 1. The zero-order valence-corrected chi connectivity index (χ0v) is 18.8. The topological polar surface area (TPSA) is 58.4 Å². The number of carbonyl (C=O) groups excluding carboxylic acids is 1. The molecule has 162 valence electrons. The molecule has 6 heteroatoms. The summed E-state index contributed by atoms with van der Waals surface area (Å²) < 4.78 is 5.62. The second kappa shape index (κ2) is 10.5. The van der Waals surface area contributed by atoms with Gasteiger partial charge in [0.1, 0.15) is 5.52 Å². The number of oxazole rings is 1. The number of amides is 1. The van der Waals surface area contributed by atoms with Gasteiger partial charge in [-0.1, -0.05) is 42.3 Å². The number of thioether (sulfide) groups is 1. The zero-order chi connectivity index (χ0) is 20.8. The minimum absolute atomic E-state index is 0.101. The van der Waals surface area contributed by atoms with Crippen LogP contribution in [0.25, 0.3) is 11.1 Å². The van der Waals surface area contributed by atoms with E-state index < -0.39 is 0 Å². The molecule has 1 aromatic carbocycles. The molecule has 1 saturated heterocycles. The van der Waals surface area contributed by atoms with Crippen LogP contribution in [0.3, 0.4) is 0 Å². The standard InChI is InChI=1S/C24H33N3O2S/c1-30-24-26-21-15-19(9-10-22(21)29-24)16-23(28)25-20-11-13-27(14-12-20)17-18-7-5-3-2-4-6-8-18/h7,9-10,15,20H,2-6,8,11-14,16-17H2,1H3,(H,25,28). The lowest BCUT2D eigenvalue weighted by molar-refractivity contribution is -0.121. The molecule has 5 nitrogen and oxygen atoms in total. The number of rotatable bonds is 6. The number of hydrogen-bond donors (Lipinski definition) is 1. The van der Waals surface area contributed by atoms with Crippen LogP contribution in [0.1, 0.15) is 56.9 Å². The molecule has 4 rings (SSSR count). The highest BCUT2D eigenvalue weighted by molar-refractivity contribution is 7.98. The number of nitrogens with one attached hydrogen (secondary N) is 1. The van der Waals surface area contributed by atoms with Crippen molar-refractivity contribution in [1.82, 2.24) is 15.2 Å². The van der Waals surface area contributed by atoms with Crippen molar-refractivity contribution in [1.29, 1.82) is 0 Å². The number of benzene rings is 1. The molecule has 1 amide bonds. The second-order valence-corrected chi connectivity index (χ2v) is 9.35. The van der Waals surface area contributed by atoms with Gasteiger partial charge in [0.2, 0.25) is 5.91 Å². The van der Waals surface area contributed by atoms with Gasteiger partial charge in [0, 0.05) is 25.7 Å². The summed E-state index contributed by atoms with van der Waals surface area (Å²) in [6, 6.07) is 6.12. The van der Waals surface area contributed by atoms with Crippen molar-refractivity contribution in [2.24, 2.45) is 0 Å². The Hall–Kier alpha value is -1.79. The van der Waals surface area contributed by atoms with Crippen LogP contribution in [0.2, 0.25) is 0 Å². The van der Waals surface area contributed by atoms with Crippen LogP contribution in [0.5, 0.6) is 0 Å². The van der Waals surface area contributed by atoms with Crippen LogP contribution in [-0.2, 0) is 11.2 Å². The fourth-order valence-electron chi connectivity index (χ4n) is 4.54. The lowest BCUT2D eigenvalue weighted by Gasteiger charge is -2.33. The highest BCUT2D eigenvalue weighted by Crippen LogP contribution is 2.23. The summed E-state index contributed by atoms with van der Waals surface area (Å²) >= 11 is 1.49. The third kappa shape index (κ3) is 5.88. The number of fused-ring (bicyclic) bond motifs is 1. The second-order valence-electron chi connectivity index (χ2n) is 8.60. The minimum atomic E-state index is 0.101. The molecule has 2 heterocycles. The van der Waals surface area contributed by atoms with Crippen molar-refractivity contribution in [3.8, 4) is 0 Å². The maximum Gasteiger partial charge on any atom is 0.256 e. The largest absolute Gasteiger partial charge is 0.431 e. The van der Waals surface area contributed by atoms with Crippen molar-refractivity contribution in [3.05, 3.63) is 35.4 Å². The van der Waals surface area contributed by atoms with Crippen molar-refractivity contribution < 1.29 is 9.21 Å². The number of hydrogen-bond acceptors (Lipinski definition) is 5. The van der Waals surface area contributed by atoms with Crippen LogP contribution < -0.4 is 5.32 Å². The summed E-state index contributed by atoms with van der Waals surface area (Å²) in [6.07, 6.45) is 14.9. The molecule has 2 aliphatic rings. The van der Waals surface area contributed by atoms with Gasteiger partial charge in [0.15, 0.2) is 5.58 Å². The van der Waals surface area contributed by atoms with Crippen LogP contribution in [0.15, 0.2) is 39.5 Å². The van der Waals surface area contributed by atoms with E-state index in [2.05, 4.69) is 21.3 Å². The van der Waals surface area contributed by atoms with Crippen molar-refractivity contribution >= 4 is 28.8 Å². The number of carbonyl (C=O) groups is 1. The number of piperidine rings is 1. The Morgan fingerprint density at radius 2 is 2.07 bits per heavy atom. The molecule has 0 spiro atoms. The molecule has 0 bridgehead atoms. The smallest absolute Gasteiger partial charge is 0.256 e. The minimum Gasteiger partial charge on any atom is -0.431 e. The predicted octanol–water partition coefficient (Wildman–Crippen LogP) is 4.95. The number of nitrogens with zero attached hydrogens (tertiary/aromatic N) is 2. The first kappa shape index (κ1) is 21.4.